The second-order valence-corrected chi connectivity index (χ2v) is 5.05. The van der Waals surface area contributed by atoms with E-state index in [4.69, 9.17) is 5.11 Å². The molecule has 0 radical (unpaired) electrons. The molecule has 0 unspecified atom stereocenters. The van der Waals surface area contributed by atoms with Gasteiger partial charge in [-0.15, -0.1) is 0 Å². The highest BCUT2D eigenvalue weighted by Gasteiger charge is 2.16. The molecule has 1 N–H and O–H groups in total. The lowest BCUT2D eigenvalue weighted by atomic mass is 10.2. The zero-order valence-corrected chi connectivity index (χ0v) is 12.3. The molecule has 0 saturated heterocycles. The fourth-order valence-electron chi connectivity index (χ4n) is 1.69. The molecular formula is C13H11IN2O3. The fourth-order valence-corrected chi connectivity index (χ4v) is 2.33. The number of aromatic carboxylic acids is 1. The molecule has 1 aromatic heterocycles. The van der Waals surface area contributed by atoms with Gasteiger partial charge in [-0.2, -0.15) is 5.10 Å². The van der Waals surface area contributed by atoms with Crippen molar-refractivity contribution in [1.82, 2.24) is 9.78 Å². The lowest BCUT2D eigenvalue weighted by Gasteiger charge is -2.10. The summed E-state index contributed by atoms with van der Waals surface area (Å²) in [7, 11) is 0. The minimum absolute atomic E-state index is 0.437. The Kier molecular flexibility index (Phi) is 3.98. The number of nitrogens with zero attached hydrogens (tertiary/aromatic N) is 2. The Morgan fingerprint density at radius 3 is 2.68 bits per heavy atom. The fraction of sp³-hybridized carbons (Fsp3) is 0.154. The molecule has 19 heavy (non-hydrogen) atoms. The van der Waals surface area contributed by atoms with E-state index in [-0.39, 0.29) is 0 Å². The van der Waals surface area contributed by atoms with Gasteiger partial charge in [-0.3, -0.25) is 4.79 Å². The van der Waals surface area contributed by atoms with E-state index in [9.17, 15) is 9.59 Å². The smallest absolute Gasteiger partial charge is 0.360 e. The molecule has 0 saturated carbocycles. The summed E-state index contributed by atoms with van der Waals surface area (Å²) < 4.78 is 2.38. The normalized spacial score (nSPS) is 10.4. The van der Waals surface area contributed by atoms with Gasteiger partial charge in [-0.25, -0.2) is 9.48 Å². The number of para-hydroxylation sites is 1. The lowest BCUT2D eigenvalue weighted by molar-refractivity contribution is 0.0686. The summed E-state index contributed by atoms with van der Waals surface area (Å²) >= 11 is 2.14. The van der Waals surface area contributed by atoms with E-state index in [1.165, 1.54) is 4.68 Å². The molecule has 6 heteroatoms. The molecule has 1 aromatic carbocycles. The van der Waals surface area contributed by atoms with E-state index < -0.39 is 17.1 Å². The number of hydrogen-bond acceptors (Lipinski definition) is 3. The van der Waals surface area contributed by atoms with Crippen molar-refractivity contribution < 1.29 is 9.90 Å². The summed E-state index contributed by atoms with van der Waals surface area (Å²) in [5.74, 6) is -1.31. The van der Waals surface area contributed by atoms with Gasteiger partial charge >= 0.3 is 5.97 Å². The van der Waals surface area contributed by atoms with Crippen molar-refractivity contribution >= 4 is 28.6 Å². The quantitative estimate of drug-likeness (QED) is 0.840. The van der Waals surface area contributed by atoms with Crippen molar-refractivity contribution in [3.05, 3.63) is 55.5 Å². The third kappa shape index (κ3) is 2.67. The average Bonchev–Trinajstić information content (AvgIpc) is 2.39. The first kappa shape index (κ1) is 13.7. The largest absolute Gasteiger partial charge is 0.476 e. The van der Waals surface area contributed by atoms with Crippen LogP contribution in [0.5, 0.6) is 0 Å². The number of halogens is 1. The van der Waals surface area contributed by atoms with E-state index in [0.717, 1.165) is 9.26 Å². The minimum atomic E-state index is -1.31. The Bertz CT molecular complexity index is 695. The SMILES string of the molecule is CCc1cn(-c2ccccc2I)nc(C(=O)O)c1=O. The monoisotopic (exact) mass is 370 g/mol. The van der Waals surface area contributed by atoms with Gasteiger partial charge in [0.15, 0.2) is 0 Å². The predicted octanol–water partition coefficient (Wildman–Crippen LogP) is 2.10. The molecule has 2 aromatic rings. The predicted molar refractivity (Wildman–Crippen MR) is 78.9 cm³/mol. The second kappa shape index (κ2) is 5.52. The van der Waals surface area contributed by atoms with Crippen molar-refractivity contribution in [2.45, 2.75) is 13.3 Å². The van der Waals surface area contributed by atoms with E-state index >= 15 is 0 Å². The van der Waals surface area contributed by atoms with Crippen LogP contribution in [0.4, 0.5) is 0 Å². The highest BCUT2D eigenvalue weighted by Crippen LogP contribution is 2.15. The molecule has 2 rings (SSSR count). The summed E-state index contributed by atoms with van der Waals surface area (Å²) in [5, 5.41) is 13.0. The minimum Gasteiger partial charge on any atom is -0.476 e. The van der Waals surface area contributed by atoms with Crippen LogP contribution in [0.15, 0.2) is 35.3 Å². The van der Waals surface area contributed by atoms with E-state index in [2.05, 4.69) is 27.7 Å². The number of hydrogen-bond donors (Lipinski definition) is 1. The van der Waals surface area contributed by atoms with Gasteiger partial charge in [0.1, 0.15) is 0 Å². The first-order valence-electron chi connectivity index (χ1n) is 5.65. The summed E-state index contributed by atoms with van der Waals surface area (Å²) in [5.41, 5.74) is 0.226. The third-order valence-electron chi connectivity index (χ3n) is 2.68. The van der Waals surface area contributed by atoms with Crippen LogP contribution in [0.3, 0.4) is 0 Å². The standard InChI is InChI=1S/C13H11IN2O3/c1-2-8-7-16(10-6-4-3-5-9(10)14)15-11(12(8)17)13(18)19/h3-7H,2H2,1H3,(H,18,19). The number of benzene rings is 1. The van der Waals surface area contributed by atoms with Crippen molar-refractivity contribution in [2.75, 3.05) is 0 Å². The van der Waals surface area contributed by atoms with E-state index in [0.29, 0.717) is 12.0 Å². The highest BCUT2D eigenvalue weighted by atomic mass is 127. The maximum atomic E-state index is 11.9. The molecule has 5 nitrogen and oxygen atoms in total. The molecule has 1 heterocycles. The molecule has 0 bridgehead atoms. The van der Waals surface area contributed by atoms with Gasteiger partial charge in [-0.1, -0.05) is 19.1 Å². The zero-order chi connectivity index (χ0) is 14.0. The van der Waals surface area contributed by atoms with E-state index in [1.54, 1.807) is 6.20 Å². The van der Waals surface area contributed by atoms with Crippen LogP contribution in [-0.4, -0.2) is 20.9 Å². The maximum absolute atomic E-state index is 11.9. The first-order valence-corrected chi connectivity index (χ1v) is 6.73. The van der Waals surface area contributed by atoms with Gasteiger partial charge in [0.05, 0.1) is 5.69 Å². The zero-order valence-electron chi connectivity index (χ0n) is 10.1. The summed E-state index contributed by atoms with van der Waals surface area (Å²) in [6.07, 6.45) is 2.05. The van der Waals surface area contributed by atoms with Crippen LogP contribution in [0, 0.1) is 3.57 Å². The van der Waals surface area contributed by atoms with Gasteiger partial charge in [0.25, 0.3) is 0 Å². The molecule has 0 atom stereocenters. The summed E-state index contributed by atoms with van der Waals surface area (Å²) in [4.78, 5) is 22.9. The van der Waals surface area contributed by atoms with Crippen molar-refractivity contribution in [3.63, 3.8) is 0 Å². The Hall–Kier alpha value is -1.70. The molecule has 0 aliphatic rings. The molecular weight excluding hydrogens is 359 g/mol. The lowest BCUT2D eigenvalue weighted by Crippen LogP contribution is -2.24. The van der Waals surface area contributed by atoms with Gasteiger partial charge in [0.2, 0.25) is 11.1 Å². The average molecular weight is 370 g/mol. The summed E-state index contributed by atoms with van der Waals surface area (Å²) in [6, 6.07) is 7.43. The number of carboxylic acid groups (broad SMARTS) is 1. The highest BCUT2D eigenvalue weighted by molar-refractivity contribution is 14.1. The van der Waals surface area contributed by atoms with Crippen molar-refractivity contribution in [2.24, 2.45) is 0 Å². The number of aryl methyl sites for hydroxylation is 1. The Morgan fingerprint density at radius 1 is 1.42 bits per heavy atom. The van der Waals surface area contributed by atoms with Crippen LogP contribution in [-0.2, 0) is 6.42 Å². The molecule has 98 valence electrons. The molecule has 0 amide bonds. The van der Waals surface area contributed by atoms with Crippen LogP contribution in [0.2, 0.25) is 0 Å². The Labute approximate surface area is 123 Å². The van der Waals surface area contributed by atoms with E-state index in [1.807, 2.05) is 31.2 Å². The van der Waals surface area contributed by atoms with Gasteiger partial charge in [0, 0.05) is 15.3 Å². The third-order valence-corrected chi connectivity index (χ3v) is 3.59. The topological polar surface area (TPSA) is 72.2 Å². The van der Waals surface area contributed by atoms with Crippen molar-refractivity contribution in [1.29, 1.82) is 0 Å². The molecule has 0 spiro atoms. The number of rotatable bonds is 3. The van der Waals surface area contributed by atoms with Crippen LogP contribution in [0.1, 0.15) is 23.0 Å². The maximum Gasteiger partial charge on any atom is 0.360 e. The molecule has 0 aliphatic carbocycles. The van der Waals surface area contributed by atoms with Gasteiger partial charge < -0.3 is 5.11 Å². The Morgan fingerprint density at radius 2 is 2.11 bits per heavy atom. The van der Waals surface area contributed by atoms with Crippen LogP contribution >= 0.6 is 22.6 Å². The molecule has 0 aliphatic heterocycles. The van der Waals surface area contributed by atoms with Crippen LogP contribution < -0.4 is 5.43 Å². The second-order valence-electron chi connectivity index (χ2n) is 3.89. The number of carbonyl (C=O) groups is 1. The number of aromatic nitrogens is 2. The summed E-state index contributed by atoms with van der Waals surface area (Å²) in [6.45, 7) is 1.81. The molecule has 0 fully saturated rings. The van der Waals surface area contributed by atoms with Gasteiger partial charge in [-0.05, 0) is 41.1 Å². The first-order chi connectivity index (χ1) is 9.04. The van der Waals surface area contributed by atoms with Crippen LogP contribution in [0.25, 0.3) is 5.69 Å². The Balaban J connectivity index is 2.72. The number of carboxylic acids is 1. The van der Waals surface area contributed by atoms with Crippen molar-refractivity contribution in [3.8, 4) is 5.69 Å².